The number of nitrogens with zero attached hydrogens (tertiary/aromatic N) is 2. The second-order valence-electron chi connectivity index (χ2n) is 3.81. The van der Waals surface area contributed by atoms with Gasteiger partial charge in [-0.3, -0.25) is 0 Å². The van der Waals surface area contributed by atoms with Crippen LogP contribution >= 0.6 is 0 Å². The second kappa shape index (κ2) is 4.94. The van der Waals surface area contributed by atoms with Crippen molar-refractivity contribution in [3.05, 3.63) is 48.5 Å². The molecule has 0 bridgehead atoms. The molecule has 3 nitrogen and oxygen atoms in total. The van der Waals surface area contributed by atoms with E-state index in [2.05, 4.69) is 48.4 Å². The number of para-hydroxylation sites is 1. The van der Waals surface area contributed by atoms with Crippen molar-refractivity contribution in [1.82, 2.24) is 14.9 Å². The van der Waals surface area contributed by atoms with Crippen molar-refractivity contribution in [2.75, 3.05) is 6.54 Å². The van der Waals surface area contributed by atoms with Crippen molar-refractivity contribution in [2.24, 2.45) is 0 Å². The molecule has 3 heteroatoms. The largest absolute Gasteiger partial charge is 0.310 e. The van der Waals surface area contributed by atoms with Crippen LogP contribution in [0.5, 0.6) is 0 Å². The fourth-order valence-corrected chi connectivity index (χ4v) is 1.91. The Hall–Kier alpha value is -1.61. The number of aromatic nitrogens is 2. The monoisotopic (exact) mass is 215 g/mol. The highest BCUT2D eigenvalue weighted by Crippen LogP contribution is 2.20. The van der Waals surface area contributed by atoms with Gasteiger partial charge in [0.1, 0.15) is 0 Å². The predicted octanol–water partition coefficient (Wildman–Crippen LogP) is 2.54. The van der Waals surface area contributed by atoms with Gasteiger partial charge in [-0.05, 0) is 25.1 Å². The lowest BCUT2D eigenvalue weighted by molar-refractivity contribution is 0.595. The number of hydrogen-bond donors (Lipinski definition) is 1. The Bertz CT molecular complexity index is 434. The SMILES string of the molecule is CCNC(C)c1ccccc1-n1ccnc1. The van der Waals surface area contributed by atoms with Gasteiger partial charge in [-0.1, -0.05) is 25.1 Å². The summed E-state index contributed by atoms with van der Waals surface area (Å²) in [6.07, 6.45) is 5.60. The van der Waals surface area contributed by atoms with Crippen LogP contribution in [-0.2, 0) is 0 Å². The van der Waals surface area contributed by atoms with E-state index in [4.69, 9.17) is 0 Å². The van der Waals surface area contributed by atoms with E-state index in [0.717, 1.165) is 6.54 Å². The molecular weight excluding hydrogens is 198 g/mol. The molecule has 0 saturated carbocycles. The van der Waals surface area contributed by atoms with E-state index in [1.807, 2.05) is 17.1 Å². The lowest BCUT2D eigenvalue weighted by atomic mass is 10.1. The molecule has 2 aromatic rings. The minimum Gasteiger partial charge on any atom is -0.310 e. The summed E-state index contributed by atoms with van der Waals surface area (Å²) in [5, 5.41) is 3.43. The van der Waals surface area contributed by atoms with E-state index in [1.54, 1.807) is 6.20 Å². The molecule has 1 unspecified atom stereocenters. The van der Waals surface area contributed by atoms with E-state index in [0.29, 0.717) is 6.04 Å². The highest BCUT2D eigenvalue weighted by molar-refractivity contribution is 5.42. The first-order valence-corrected chi connectivity index (χ1v) is 5.63. The summed E-state index contributed by atoms with van der Waals surface area (Å²) in [5.74, 6) is 0. The fraction of sp³-hybridized carbons (Fsp3) is 0.308. The van der Waals surface area contributed by atoms with Gasteiger partial charge in [0.15, 0.2) is 0 Å². The molecule has 2 rings (SSSR count). The Morgan fingerprint density at radius 3 is 2.88 bits per heavy atom. The summed E-state index contributed by atoms with van der Waals surface area (Å²) in [4.78, 5) is 4.09. The van der Waals surface area contributed by atoms with Crippen molar-refractivity contribution in [3.8, 4) is 5.69 Å². The number of nitrogens with one attached hydrogen (secondary N) is 1. The molecule has 0 fully saturated rings. The zero-order valence-electron chi connectivity index (χ0n) is 9.72. The van der Waals surface area contributed by atoms with E-state index in [-0.39, 0.29) is 0 Å². The molecular formula is C13H17N3. The maximum atomic E-state index is 4.09. The summed E-state index contributed by atoms with van der Waals surface area (Å²) in [6, 6.07) is 8.75. The third-order valence-electron chi connectivity index (χ3n) is 2.70. The zero-order chi connectivity index (χ0) is 11.4. The van der Waals surface area contributed by atoms with Crippen LogP contribution in [0.4, 0.5) is 0 Å². The van der Waals surface area contributed by atoms with Crippen LogP contribution in [0, 0.1) is 0 Å². The topological polar surface area (TPSA) is 29.9 Å². The van der Waals surface area contributed by atoms with Crippen molar-refractivity contribution in [3.63, 3.8) is 0 Å². The average Bonchev–Trinajstić information content (AvgIpc) is 2.83. The molecule has 16 heavy (non-hydrogen) atoms. The number of imidazole rings is 1. The smallest absolute Gasteiger partial charge is 0.0991 e. The third-order valence-corrected chi connectivity index (χ3v) is 2.70. The highest BCUT2D eigenvalue weighted by Gasteiger charge is 2.09. The summed E-state index contributed by atoms with van der Waals surface area (Å²) >= 11 is 0. The molecule has 1 aromatic carbocycles. The molecule has 1 aromatic heterocycles. The van der Waals surface area contributed by atoms with E-state index in [1.165, 1.54) is 11.3 Å². The molecule has 1 atom stereocenters. The van der Waals surface area contributed by atoms with Crippen LogP contribution in [0.15, 0.2) is 43.0 Å². The Morgan fingerprint density at radius 2 is 2.19 bits per heavy atom. The molecule has 0 aliphatic carbocycles. The van der Waals surface area contributed by atoms with E-state index >= 15 is 0 Å². The average molecular weight is 215 g/mol. The molecule has 0 spiro atoms. The molecule has 0 saturated heterocycles. The van der Waals surface area contributed by atoms with Crippen LogP contribution in [0.2, 0.25) is 0 Å². The maximum absolute atomic E-state index is 4.09. The first-order valence-electron chi connectivity index (χ1n) is 5.63. The zero-order valence-corrected chi connectivity index (χ0v) is 9.72. The van der Waals surface area contributed by atoms with Gasteiger partial charge < -0.3 is 9.88 Å². The Labute approximate surface area is 96.1 Å². The van der Waals surface area contributed by atoms with E-state index in [9.17, 15) is 0 Å². The van der Waals surface area contributed by atoms with Crippen LogP contribution < -0.4 is 5.32 Å². The summed E-state index contributed by atoms with van der Waals surface area (Å²) in [5.41, 5.74) is 2.48. The van der Waals surface area contributed by atoms with Crippen LogP contribution in [0.25, 0.3) is 5.69 Å². The van der Waals surface area contributed by atoms with Gasteiger partial charge in [0, 0.05) is 18.4 Å². The van der Waals surface area contributed by atoms with Gasteiger partial charge in [0.2, 0.25) is 0 Å². The van der Waals surface area contributed by atoms with Gasteiger partial charge in [-0.15, -0.1) is 0 Å². The second-order valence-corrected chi connectivity index (χ2v) is 3.81. The van der Waals surface area contributed by atoms with E-state index < -0.39 is 0 Å². The predicted molar refractivity (Wildman–Crippen MR) is 65.7 cm³/mol. The van der Waals surface area contributed by atoms with Gasteiger partial charge in [0.05, 0.1) is 12.0 Å². The standard InChI is InChI=1S/C13H17N3/c1-3-15-11(2)12-6-4-5-7-13(12)16-9-8-14-10-16/h4-11,15H,3H2,1-2H3. The van der Waals surface area contributed by atoms with Crippen LogP contribution in [0.1, 0.15) is 25.5 Å². The van der Waals surface area contributed by atoms with Crippen molar-refractivity contribution in [2.45, 2.75) is 19.9 Å². The Balaban J connectivity index is 2.38. The molecule has 0 amide bonds. The lowest BCUT2D eigenvalue weighted by Gasteiger charge is -2.17. The summed E-state index contributed by atoms with van der Waals surface area (Å²) in [6.45, 7) is 5.27. The minimum atomic E-state index is 0.351. The first kappa shape index (κ1) is 10.9. The Kier molecular flexibility index (Phi) is 3.37. The molecule has 0 aliphatic heterocycles. The van der Waals surface area contributed by atoms with Crippen molar-refractivity contribution >= 4 is 0 Å². The first-order chi connectivity index (χ1) is 7.83. The quantitative estimate of drug-likeness (QED) is 0.849. The number of hydrogen-bond acceptors (Lipinski definition) is 2. The highest BCUT2D eigenvalue weighted by atomic mass is 15.0. The molecule has 0 radical (unpaired) electrons. The third kappa shape index (κ3) is 2.14. The summed E-state index contributed by atoms with van der Waals surface area (Å²) in [7, 11) is 0. The van der Waals surface area contributed by atoms with Crippen LogP contribution in [-0.4, -0.2) is 16.1 Å². The Morgan fingerprint density at radius 1 is 1.38 bits per heavy atom. The molecule has 1 N–H and O–H groups in total. The van der Waals surface area contributed by atoms with Gasteiger partial charge in [-0.25, -0.2) is 4.98 Å². The van der Waals surface area contributed by atoms with Crippen molar-refractivity contribution < 1.29 is 0 Å². The normalized spacial score (nSPS) is 12.6. The summed E-state index contributed by atoms with van der Waals surface area (Å²) < 4.78 is 2.04. The van der Waals surface area contributed by atoms with Gasteiger partial charge in [0.25, 0.3) is 0 Å². The van der Waals surface area contributed by atoms with Crippen LogP contribution in [0.3, 0.4) is 0 Å². The maximum Gasteiger partial charge on any atom is 0.0991 e. The molecule has 0 aliphatic rings. The van der Waals surface area contributed by atoms with Gasteiger partial charge in [-0.2, -0.15) is 0 Å². The lowest BCUT2D eigenvalue weighted by Crippen LogP contribution is -2.19. The molecule has 1 heterocycles. The molecule has 84 valence electrons. The minimum absolute atomic E-state index is 0.351. The number of rotatable bonds is 4. The van der Waals surface area contributed by atoms with Gasteiger partial charge >= 0.3 is 0 Å². The number of benzene rings is 1. The fourth-order valence-electron chi connectivity index (χ4n) is 1.91. The van der Waals surface area contributed by atoms with Crippen molar-refractivity contribution in [1.29, 1.82) is 0 Å².